The number of hydrogen-bond donors (Lipinski definition) is 2. The third-order valence-corrected chi connectivity index (χ3v) is 6.48. The zero-order valence-corrected chi connectivity index (χ0v) is 16.7. The number of halogens is 3. The lowest BCUT2D eigenvalue weighted by molar-refractivity contribution is 0.305. The molecule has 1 fully saturated rings. The molecule has 1 saturated carbocycles. The first kappa shape index (κ1) is 17.0. The predicted molar refractivity (Wildman–Crippen MR) is 103 cm³/mol. The topological polar surface area (TPSA) is 80.0 Å². The molecular weight excluding hydrogens is 445 g/mol. The van der Waals surface area contributed by atoms with E-state index in [9.17, 15) is 0 Å². The number of rotatable bonds is 1. The van der Waals surface area contributed by atoms with Crippen LogP contribution in [0.25, 0.3) is 0 Å². The fraction of sp³-hybridized carbons (Fsp3) is 0.467. The van der Waals surface area contributed by atoms with Gasteiger partial charge in [0.25, 0.3) is 0 Å². The van der Waals surface area contributed by atoms with Crippen LogP contribution in [0.5, 0.6) is 0 Å². The second-order valence-corrected chi connectivity index (χ2v) is 8.00. The van der Waals surface area contributed by atoms with Gasteiger partial charge < -0.3 is 11.5 Å². The highest BCUT2D eigenvalue weighted by molar-refractivity contribution is 9.11. The summed E-state index contributed by atoms with van der Waals surface area (Å²) in [6, 6.07) is 1.98. The molecule has 1 aliphatic heterocycles. The van der Waals surface area contributed by atoms with Gasteiger partial charge in [-0.25, -0.2) is 4.99 Å². The van der Waals surface area contributed by atoms with E-state index in [4.69, 9.17) is 23.1 Å². The summed E-state index contributed by atoms with van der Waals surface area (Å²) in [4.78, 5) is 10.8. The van der Waals surface area contributed by atoms with Gasteiger partial charge in [-0.3, -0.25) is 4.90 Å². The molecule has 23 heavy (non-hydrogen) atoms. The van der Waals surface area contributed by atoms with Crippen LogP contribution in [0.15, 0.2) is 25.0 Å². The van der Waals surface area contributed by atoms with Gasteiger partial charge in [0.2, 0.25) is 11.9 Å². The van der Waals surface area contributed by atoms with Crippen molar-refractivity contribution >= 4 is 61.1 Å². The van der Waals surface area contributed by atoms with Gasteiger partial charge in [-0.2, -0.15) is 4.99 Å². The molecule has 1 spiro atoms. The number of aryl methyl sites for hydroxylation is 1. The number of guanidine groups is 2. The molecule has 2 aliphatic rings. The molecule has 124 valence electrons. The number of aliphatic imine (C=N–C) groups is 2. The van der Waals surface area contributed by atoms with Crippen molar-refractivity contribution in [3.05, 3.63) is 25.6 Å². The Bertz CT molecular complexity index is 710. The van der Waals surface area contributed by atoms with Crippen molar-refractivity contribution in [2.24, 2.45) is 21.5 Å². The summed E-state index contributed by atoms with van der Waals surface area (Å²) in [5, 5.41) is 0.657. The van der Waals surface area contributed by atoms with Gasteiger partial charge in [0.1, 0.15) is 5.66 Å². The van der Waals surface area contributed by atoms with Gasteiger partial charge in [-0.1, -0.05) is 18.0 Å². The normalized spacial score (nSPS) is 20.4. The lowest BCUT2D eigenvalue weighted by Crippen LogP contribution is -2.58. The van der Waals surface area contributed by atoms with Crippen molar-refractivity contribution in [2.75, 3.05) is 4.90 Å². The summed E-state index contributed by atoms with van der Waals surface area (Å²) in [6.45, 7) is 1.96. The van der Waals surface area contributed by atoms with Crippen LogP contribution < -0.4 is 16.4 Å². The maximum absolute atomic E-state index is 6.44. The monoisotopic (exact) mass is 461 g/mol. The fourth-order valence-electron chi connectivity index (χ4n) is 3.35. The predicted octanol–water partition coefficient (Wildman–Crippen LogP) is 4.28. The summed E-state index contributed by atoms with van der Waals surface area (Å²) in [7, 11) is 0. The maximum atomic E-state index is 6.44. The van der Waals surface area contributed by atoms with Crippen LogP contribution in [-0.2, 0) is 0 Å². The van der Waals surface area contributed by atoms with Crippen molar-refractivity contribution in [3.63, 3.8) is 0 Å². The van der Waals surface area contributed by atoms with Gasteiger partial charge in [0.05, 0.1) is 15.2 Å². The molecule has 0 radical (unpaired) electrons. The number of nitrogens with zero attached hydrogens (tertiary/aromatic N) is 3. The Kier molecular flexibility index (Phi) is 4.64. The van der Waals surface area contributed by atoms with Crippen LogP contribution in [0.1, 0.15) is 37.7 Å². The third kappa shape index (κ3) is 2.87. The molecular formula is C15H18Br2ClN5. The quantitative estimate of drug-likeness (QED) is 0.610. The maximum Gasteiger partial charge on any atom is 0.220 e. The van der Waals surface area contributed by atoms with Crippen molar-refractivity contribution in [1.29, 1.82) is 0 Å². The largest absolute Gasteiger partial charge is 0.369 e. The summed E-state index contributed by atoms with van der Waals surface area (Å²) >= 11 is 13.7. The molecule has 1 aromatic carbocycles. The molecule has 0 bridgehead atoms. The highest BCUT2D eigenvalue weighted by atomic mass is 79.9. The summed E-state index contributed by atoms with van der Waals surface area (Å²) in [6.07, 6.45) is 5.12. The molecule has 1 heterocycles. The van der Waals surface area contributed by atoms with Gasteiger partial charge in [-0.15, -0.1) is 0 Å². The Labute approximate surface area is 157 Å². The van der Waals surface area contributed by atoms with E-state index < -0.39 is 5.66 Å². The van der Waals surface area contributed by atoms with Crippen LogP contribution in [0.3, 0.4) is 0 Å². The fourth-order valence-corrected chi connectivity index (χ4v) is 5.19. The standard InChI is InChI=1S/C15H18Br2ClN5/c1-8-7-9(16)12(10(17)11(8)18)23-14(20)21-13(19)22-15(23)5-3-2-4-6-15/h7H,2-6H2,1H3,(H4,19,20,21,22). The molecule has 0 amide bonds. The molecule has 1 aliphatic carbocycles. The van der Waals surface area contributed by atoms with Crippen LogP contribution in [0.2, 0.25) is 5.02 Å². The Morgan fingerprint density at radius 1 is 1.22 bits per heavy atom. The molecule has 8 heteroatoms. The Hall–Kier alpha value is -0.790. The smallest absolute Gasteiger partial charge is 0.220 e. The second kappa shape index (κ2) is 6.26. The minimum atomic E-state index is -0.488. The van der Waals surface area contributed by atoms with Crippen molar-refractivity contribution < 1.29 is 0 Å². The average molecular weight is 464 g/mol. The number of hydrogen-bond acceptors (Lipinski definition) is 5. The van der Waals surface area contributed by atoms with E-state index in [1.165, 1.54) is 6.42 Å². The van der Waals surface area contributed by atoms with E-state index in [1.807, 2.05) is 17.9 Å². The third-order valence-electron chi connectivity index (χ3n) is 4.39. The lowest BCUT2D eigenvalue weighted by Gasteiger charge is -2.46. The molecule has 0 aromatic heterocycles. The van der Waals surface area contributed by atoms with Crippen molar-refractivity contribution in [2.45, 2.75) is 44.7 Å². The molecule has 3 rings (SSSR count). The van der Waals surface area contributed by atoms with Gasteiger partial charge in [0.15, 0.2) is 0 Å². The molecule has 4 N–H and O–H groups in total. The first-order chi connectivity index (χ1) is 10.9. The minimum absolute atomic E-state index is 0.242. The van der Waals surface area contributed by atoms with Crippen molar-refractivity contribution in [1.82, 2.24) is 0 Å². The van der Waals surface area contributed by atoms with E-state index in [0.717, 1.165) is 45.9 Å². The number of anilines is 1. The van der Waals surface area contributed by atoms with E-state index >= 15 is 0 Å². The zero-order chi connectivity index (χ0) is 16.8. The van der Waals surface area contributed by atoms with Crippen LogP contribution in [-0.4, -0.2) is 17.6 Å². The molecule has 0 unspecified atom stereocenters. The molecule has 5 nitrogen and oxygen atoms in total. The van der Waals surface area contributed by atoms with Gasteiger partial charge in [-0.05, 0) is 76.1 Å². The van der Waals surface area contributed by atoms with Gasteiger partial charge >= 0.3 is 0 Å². The van der Waals surface area contributed by atoms with Crippen LogP contribution in [0.4, 0.5) is 5.69 Å². The van der Waals surface area contributed by atoms with E-state index in [2.05, 4.69) is 41.8 Å². The molecule has 0 atom stereocenters. The van der Waals surface area contributed by atoms with E-state index in [1.54, 1.807) is 0 Å². The molecule has 1 aromatic rings. The van der Waals surface area contributed by atoms with Gasteiger partial charge in [0, 0.05) is 4.47 Å². The molecule has 0 saturated heterocycles. The Morgan fingerprint density at radius 3 is 2.52 bits per heavy atom. The Morgan fingerprint density at radius 2 is 1.87 bits per heavy atom. The van der Waals surface area contributed by atoms with Crippen LogP contribution in [0, 0.1) is 6.92 Å². The highest BCUT2D eigenvalue weighted by Gasteiger charge is 2.44. The lowest BCUT2D eigenvalue weighted by atomic mass is 9.87. The van der Waals surface area contributed by atoms with Crippen LogP contribution >= 0.6 is 43.5 Å². The van der Waals surface area contributed by atoms with E-state index in [0.29, 0.717) is 11.0 Å². The first-order valence-electron chi connectivity index (χ1n) is 7.49. The van der Waals surface area contributed by atoms with E-state index in [-0.39, 0.29) is 5.96 Å². The highest BCUT2D eigenvalue weighted by Crippen LogP contribution is 2.47. The minimum Gasteiger partial charge on any atom is -0.369 e. The summed E-state index contributed by atoms with van der Waals surface area (Å²) in [5.41, 5.74) is 13.5. The van der Waals surface area contributed by atoms with Crippen molar-refractivity contribution in [3.8, 4) is 0 Å². The first-order valence-corrected chi connectivity index (χ1v) is 9.46. The number of nitrogens with two attached hydrogens (primary N) is 2. The SMILES string of the molecule is Cc1cc(Br)c(N2C(N)=NC(N)=NC23CCCCC3)c(Br)c1Cl. The number of benzene rings is 1. The summed E-state index contributed by atoms with van der Waals surface area (Å²) < 4.78 is 1.68. The Balaban J connectivity index is 2.21. The zero-order valence-electron chi connectivity index (χ0n) is 12.7. The average Bonchev–Trinajstić information content (AvgIpc) is 2.48. The summed E-state index contributed by atoms with van der Waals surface area (Å²) in [5.74, 6) is 0.590. The second-order valence-electron chi connectivity index (χ2n) is 5.97.